The van der Waals surface area contributed by atoms with Crippen LogP contribution in [0.4, 0.5) is 19.3 Å². The number of aromatic nitrogens is 5. The predicted molar refractivity (Wildman–Crippen MR) is 115 cm³/mol. The molecule has 3 aromatic rings. The average molecular weight is 508 g/mol. The van der Waals surface area contributed by atoms with Crippen LogP contribution in [0.15, 0.2) is 36.5 Å². The highest BCUT2D eigenvalue weighted by Crippen LogP contribution is 2.40. The molecule has 1 saturated heterocycles. The number of carbonyl (C=O) groups excluding carboxylic acids is 1. The van der Waals surface area contributed by atoms with Gasteiger partial charge in [-0.15, -0.1) is 10.2 Å². The van der Waals surface area contributed by atoms with Crippen molar-refractivity contribution in [1.29, 1.82) is 0 Å². The van der Waals surface area contributed by atoms with Gasteiger partial charge >= 0.3 is 13.9 Å². The fourth-order valence-electron chi connectivity index (χ4n) is 3.64. The van der Waals surface area contributed by atoms with Gasteiger partial charge in [0.1, 0.15) is 24.3 Å². The Labute approximate surface area is 196 Å². The SMILES string of the molecule is O=C1O[C@@H](C(CF)OP(=O)(O)O)CN1c1ccc(-c2ccc(-c3nnn(C4CC4)n3)nc2)c(F)c1. The molecule has 5 rings (SSSR count). The van der Waals surface area contributed by atoms with E-state index >= 15 is 0 Å². The Hall–Kier alpha value is -3.32. The number of cyclic esters (lactones) is 1. The number of tetrazole rings is 1. The number of benzene rings is 1. The zero-order valence-electron chi connectivity index (χ0n) is 17.9. The Balaban J connectivity index is 1.31. The summed E-state index contributed by atoms with van der Waals surface area (Å²) in [6.07, 6.45) is -0.371. The van der Waals surface area contributed by atoms with Crippen molar-refractivity contribution in [2.45, 2.75) is 31.1 Å². The van der Waals surface area contributed by atoms with Crippen LogP contribution in [0.5, 0.6) is 0 Å². The van der Waals surface area contributed by atoms with Crippen molar-refractivity contribution in [1.82, 2.24) is 25.2 Å². The third kappa shape index (κ3) is 5.05. The summed E-state index contributed by atoms with van der Waals surface area (Å²) < 4.78 is 48.5. The normalized spacial score (nSPS) is 19.1. The largest absolute Gasteiger partial charge is 0.470 e. The fourth-order valence-corrected chi connectivity index (χ4v) is 4.19. The summed E-state index contributed by atoms with van der Waals surface area (Å²) in [5.74, 6) is -0.282. The monoisotopic (exact) mass is 508 g/mol. The Morgan fingerprint density at radius 1 is 1.26 bits per heavy atom. The molecule has 0 bridgehead atoms. The van der Waals surface area contributed by atoms with Crippen molar-refractivity contribution in [3.05, 3.63) is 42.3 Å². The highest BCUT2D eigenvalue weighted by Gasteiger charge is 2.41. The lowest BCUT2D eigenvalue weighted by Crippen LogP contribution is -2.34. The van der Waals surface area contributed by atoms with Crippen LogP contribution in [-0.2, 0) is 13.8 Å². The second-order valence-electron chi connectivity index (χ2n) is 8.08. The van der Waals surface area contributed by atoms with Gasteiger partial charge in [-0.25, -0.2) is 18.1 Å². The molecule has 1 saturated carbocycles. The molecular weight excluding hydrogens is 489 g/mol. The third-order valence-corrected chi connectivity index (χ3v) is 6.09. The molecule has 1 aromatic carbocycles. The number of ether oxygens (including phenoxy) is 1. The Bertz CT molecular complexity index is 1300. The van der Waals surface area contributed by atoms with Gasteiger partial charge in [0, 0.05) is 17.3 Å². The lowest BCUT2D eigenvalue weighted by Gasteiger charge is -2.19. The van der Waals surface area contributed by atoms with Crippen LogP contribution in [0.3, 0.4) is 0 Å². The van der Waals surface area contributed by atoms with E-state index in [0.717, 1.165) is 23.8 Å². The first-order chi connectivity index (χ1) is 16.7. The van der Waals surface area contributed by atoms with Crippen molar-refractivity contribution in [2.75, 3.05) is 18.1 Å². The maximum absolute atomic E-state index is 15.0. The zero-order chi connectivity index (χ0) is 24.7. The molecule has 0 spiro atoms. The number of rotatable bonds is 8. The number of phosphoric ester groups is 1. The van der Waals surface area contributed by atoms with E-state index in [4.69, 9.17) is 14.5 Å². The minimum atomic E-state index is -5.00. The predicted octanol–water partition coefficient (Wildman–Crippen LogP) is 2.65. The molecule has 2 aromatic heterocycles. The van der Waals surface area contributed by atoms with E-state index in [0.29, 0.717) is 17.1 Å². The minimum Gasteiger partial charge on any atom is -0.441 e. The topological polar surface area (TPSA) is 153 Å². The summed E-state index contributed by atoms with van der Waals surface area (Å²) in [4.78, 5) is 36.9. The lowest BCUT2D eigenvalue weighted by atomic mass is 10.1. The molecule has 12 nitrogen and oxygen atoms in total. The maximum Gasteiger partial charge on any atom is 0.470 e. The van der Waals surface area contributed by atoms with Crippen molar-refractivity contribution in [2.24, 2.45) is 0 Å². The summed E-state index contributed by atoms with van der Waals surface area (Å²) >= 11 is 0. The Morgan fingerprint density at radius 3 is 2.69 bits per heavy atom. The van der Waals surface area contributed by atoms with Crippen LogP contribution in [0.1, 0.15) is 18.9 Å². The van der Waals surface area contributed by atoms with E-state index in [-0.39, 0.29) is 23.8 Å². The summed E-state index contributed by atoms with van der Waals surface area (Å²) in [5.41, 5.74) is 1.31. The molecule has 2 N–H and O–H groups in total. The summed E-state index contributed by atoms with van der Waals surface area (Å²) in [6, 6.07) is 7.60. The van der Waals surface area contributed by atoms with Gasteiger partial charge < -0.3 is 14.5 Å². The number of hydrogen-bond acceptors (Lipinski definition) is 8. The van der Waals surface area contributed by atoms with Gasteiger partial charge in [-0.05, 0) is 42.3 Å². The number of phosphoric acid groups is 1. The number of alkyl halides is 1. The molecule has 1 aliphatic carbocycles. The van der Waals surface area contributed by atoms with E-state index < -0.39 is 38.6 Å². The van der Waals surface area contributed by atoms with Gasteiger partial charge in [0.25, 0.3) is 0 Å². The number of carbonyl (C=O) groups is 1. The first kappa shape index (κ1) is 23.4. The van der Waals surface area contributed by atoms with Crippen molar-refractivity contribution in [3.63, 3.8) is 0 Å². The van der Waals surface area contributed by atoms with Crippen molar-refractivity contribution >= 4 is 19.6 Å². The molecule has 1 unspecified atom stereocenters. The maximum atomic E-state index is 15.0. The van der Waals surface area contributed by atoms with E-state index in [9.17, 15) is 18.1 Å². The number of anilines is 1. The molecule has 1 amide bonds. The van der Waals surface area contributed by atoms with Crippen LogP contribution in [0, 0.1) is 5.82 Å². The second-order valence-corrected chi connectivity index (χ2v) is 9.27. The summed E-state index contributed by atoms with van der Waals surface area (Å²) in [6.45, 7) is -1.57. The Morgan fingerprint density at radius 2 is 2.06 bits per heavy atom. The zero-order valence-corrected chi connectivity index (χ0v) is 18.8. The van der Waals surface area contributed by atoms with E-state index in [1.165, 1.54) is 18.3 Å². The molecule has 2 fully saturated rings. The summed E-state index contributed by atoms with van der Waals surface area (Å²) in [5, 5.41) is 12.3. The molecule has 0 radical (unpaired) electrons. The first-order valence-electron chi connectivity index (χ1n) is 10.6. The van der Waals surface area contributed by atoms with Gasteiger partial charge in [-0.3, -0.25) is 14.4 Å². The number of amides is 1. The molecule has 3 heterocycles. The van der Waals surface area contributed by atoms with Gasteiger partial charge in [0.15, 0.2) is 6.10 Å². The van der Waals surface area contributed by atoms with Gasteiger partial charge in [-0.2, -0.15) is 4.80 Å². The average Bonchev–Trinajstić information content (AvgIpc) is 3.42. The summed E-state index contributed by atoms with van der Waals surface area (Å²) in [7, 11) is -5.00. The second kappa shape index (κ2) is 9.04. The standard InChI is InChI=1S/C20H19F2N6O6P/c21-8-17(34-35(30,31)32)18-10-27(20(29)33-18)13-4-5-14(15(22)7-13)11-1-6-16(23-9-11)19-24-26-28(25-19)12-2-3-12/h1,4-7,9,12,17-18H,2-3,8,10H2,(H2,30,31,32)/t17?,18-/m1/s1. The fraction of sp³-hybridized carbons (Fsp3) is 0.350. The van der Waals surface area contributed by atoms with Crippen LogP contribution in [0.25, 0.3) is 22.6 Å². The highest BCUT2D eigenvalue weighted by atomic mass is 31.2. The van der Waals surface area contributed by atoms with Gasteiger partial charge in [-0.1, -0.05) is 6.07 Å². The number of pyridine rings is 1. The van der Waals surface area contributed by atoms with Crippen LogP contribution in [0.2, 0.25) is 0 Å². The highest BCUT2D eigenvalue weighted by molar-refractivity contribution is 7.46. The molecular formula is C20H19F2N6O6P. The number of halogens is 2. The van der Waals surface area contributed by atoms with Crippen molar-refractivity contribution < 1.29 is 37.2 Å². The van der Waals surface area contributed by atoms with Crippen LogP contribution >= 0.6 is 7.82 Å². The molecule has 2 atom stereocenters. The van der Waals surface area contributed by atoms with E-state index in [2.05, 4.69) is 24.9 Å². The van der Waals surface area contributed by atoms with E-state index in [1.54, 1.807) is 16.9 Å². The molecule has 15 heteroatoms. The molecule has 2 aliphatic rings. The molecule has 184 valence electrons. The smallest absolute Gasteiger partial charge is 0.441 e. The minimum absolute atomic E-state index is 0.123. The quantitative estimate of drug-likeness (QED) is 0.434. The number of nitrogens with zero attached hydrogens (tertiary/aromatic N) is 6. The van der Waals surface area contributed by atoms with E-state index in [1.807, 2.05) is 0 Å². The van der Waals surface area contributed by atoms with Crippen molar-refractivity contribution in [3.8, 4) is 22.6 Å². The van der Waals surface area contributed by atoms with Gasteiger partial charge in [0.2, 0.25) is 5.82 Å². The van der Waals surface area contributed by atoms with Crippen LogP contribution < -0.4 is 4.90 Å². The lowest BCUT2D eigenvalue weighted by molar-refractivity contribution is 0.0162. The molecule has 1 aliphatic heterocycles. The third-order valence-electron chi connectivity index (χ3n) is 5.54. The van der Waals surface area contributed by atoms with Crippen LogP contribution in [-0.4, -0.2) is 66.5 Å². The Kier molecular flexibility index (Phi) is 6.05. The first-order valence-corrected chi connectivity index (χ1v) is 12.1. The number of hydrogen-bond donors (Lipinski definition) is 2. The van der Waals surface area contributed by atoms with Gasteiger partial charge in [0.05, 0.1) is 18.3 Å². The molecule has 35 heavy (non-hydrogen) atoms.